The number of carbonyl (C=O) groups excluding carboxylic acids is 3. The summed E-state index contributed by atoms with van der Waals surface area (Å²) in [7, 11) is 2.05. The topological polar surface area (TPSA) is 126 Å². The Kier molecular flexibility index (Phi) is 9.52. The van der Waals surface area contributed by atoms with Crippen molar-refractivity contribution in [3.05, 3.63) is 47.8 Å². The number of nitrogens with one attached hydrogen (secondary N) is 2. The Morgan fingerprint density at radius 2 is 1.71 bits per heavy atom. The SMILES string of the molecule is CCn1nccc1C(=O)N[C@H](C(=O)Nc1ccc(C[C@@H](N)C(=O)N2CCN(C)CC2)cc1)C1CCCCC1. The Hall–Kier alpha value is -3.24. The van der Waals surface area contributed by atoms with Crippen LogP contribution < -0.4 is 16.4 Å². The zero-order chi connectivity index (χ0) is 27.1. The van der Waals surface area contributed by atoms with Crippen molar-refractivity contribution >= 4 is 23.4 Å². The quantitative estimate of drug-likeness (QED) is 0.461. The normalized spacial score (nSPS) is 18.6. The van der Waals surface area contributed by atoms with Crippen molar-refractivity contribution < 1.29 is 14.4 Å². The van der Waals surface area contributed by atoms with Gasteiger partial charge in [-0.1, -0.05) is 31.4 Å². The van der Waals surface area contributed by atoms with E-state index in [1.54, 1.807) is 16.9 Å². The van der Waals surface area contributed by atoms with Crippen molar-refractivity contribution in [1.82, 2.24) is 24.9 Å². The van der Waals surface area contributed by atoms with Crippen LogP contribution in [-0.2, 0) is 22.6 Å². The summed E-state index contributed by atoms with van der Waals surface area (Å²) in [5.41, 5.74) is 8.27. The van der Waals surface area contributed by atoms with Crippen molar-refractivity contribution in [3.8, 4) is 0 Å². The average Bonchev–Trinajstić information content (AvgIpc) is 3.42. The molecular weight excluding hydrogens is 482 g/mol. The number of nitrogens with zero attached hydrogens (tertiary/aromatic N) is 4. The predicted molar refractivity (Wildman–Crippen MR) is 147 cm³/mol. The van der Waals surface area contributed by atoms with Gasteiger partial charge in [-0.25, -0.2) is 0 Å². The van der Waals surface area contributed by atoms with Gasteiger partial charge in [0.1, 0.15) is 11.7 Å². The van der Waals surface area contributed by atoms with E-state index >= 15 is 0 Å². The minimum absolute atomic E-state index is 0.0223. The lowest BCUT2D eigenvalue weighted by atomic mass is 9.83. The summed E-state index contributed by atoms with van der Waals surface area (Å²) in [6.07, 6.45) is 7.11. The van der Waals surface area contributed by atoms with Crippen LogP contribution in [0.1, 0.15) is 55.1 Å². The first-order valence-electron chi connectivity index (χ1n) is 13.8. The molecule has 1 aromatic heterocycles. The van der Waals surface area contributed by atoms with Gasteiger partial charge >= 0.3 is 0 Å². The van der Waals surface area contributed by atoms with Crippen LogP contribution in [0.15, 0.2) is 36.5 Å². The van der Waals surface area contributed by atoms with E-state index in [9.17, 15) is 14.4 Å². The third-order valence-corrected chi connectivity index (χ3v) is 7.75. The van der Waals surface area contributed by atoms with E-state index in [-0.39, 0.29) is 23.6 Å². The zero-order valence-electron chi connectivity index (χ0n) is 22.6. The molecule has 0 spiro atoms. The smallest absolute Gasteiger partial charge is 0.270 e. The second kappa shape index (κ2) is 13.0. The van der Waals surface area contributed by atoms with E-state index in [1.807, 2.05) is 36.1 Å². The van der Waals surface area contributed by atoms with Crippen molar-refractivity contribution in [2.75, 3.05) is 38.5 Å². The summed E-state index contributed by atoms with van der Waals surface area (Å²) in [5, 5.41) is 10.2. The summed E-state index contributed by atoms with van der Waals surface area (Å²) < 4.78 is 1.63. The second-order valence-corrected chi connectivity index (χ2v) is 10.5. The molecule has 1 saturated heterocycles. The number of carbonyl (C=O) groups is 3. The van der Waals surface area contributed by atoms with Gasteiger partial charge in [0.25, 0.3) is 5.91 Å². The van der Waals surface area contributed by atoms with E-state index < -0.39 is 12.1 Å². The summed E-state index contributed by atoms with van der Waals surface area (Å²) >= 11 is 0. The van der Waals surface area contributed by atoms with Gasteiger partial charge in [0.15, 0.2) is 0 Å². The third-order valence-electron chi connectivity index (χ3n) is 7.75. The number of aromatic nitrogens is 2. The molecule has 2 fully saturated rings. The number of benzene rings is 1. The van der Waals surface area contributed by atoms with Gasteiger partial charge in [0.05, 0.1) is 6.04 Å². The molecule has 0 unspecified atom stereocenters. The monoisotopic (exact) mass is 523 g/mol. The van der Waals surface area contributed by atoms with Crippen LogP contribution in [-0.4, -0.2) is 82.6 Å². The minimum atomic E-state index is -0.627. The highest BCUT2D eigenvalue weighted by Gasteiger charge is 2.32. The molecule has 10 heteroatoms. The van der Waals surface area contributed by atoms with Gasteiger partial charge in [0.2, 0.25) is 11.8 Å². The number of hydrogen-bond donors (Lipinski definition) is 3. The van der Waals surface area contributed by atoms with Crippen LogP contribution >= 0.6 is 0 Å². The maximum Gasteiger partial charge on any atom is 0.270 e. The number of anilines is 1. The molecule has 4 N–H and O–H groups in total. The molecule has 1 aromatic carbocycles. The summed E-state index contributed by atoms with van der Waals surface area (Å²) in [4.78, 5) is 43.2. The fourth-order valence-corrected chi connectivity index (χ4v) is 5.40. The molecule has 2 aromatic rings. The summed E-state index contributed by atoms with van der Waals surface area (Å²) in [6, 6.07) is 7.88. The van der Waals surface area contributed by atoms with E-state index in [4.69, 9.17) is 5.73 Å². The lowest BCUT2D eigenvalue weighted by Gasteiger charge is -2.33. The minimum Gasteiger partial charge on any atom is -0.339 e. The fourth-order valence-electron chi connectivity index (χ4n) is 5.40. The molecule has 206 valence electrons. The highest BCUT2D eigenvalue weighted by molar-refractivity contribution is 6.00. The molecule has 4 rings (SSSR count). The average molecular weight is 524 g/mol. The van der Waals surface area contributed by atoms with E-state index in [1.165, 1.54) is 0 Å². The number of nitrogens with two attached hydrogens (primary N) is 1. The summed E-state index contributed by atoms with van der Waals surface area (Å²) in [5.74, 6) is -0.443. The van der Waals surface area contributed by atoms with Gasteiger partial charge in [-0.2, -0.15) is 5.10 Å². The molecule has 10 nitrogen and oxygen atoms in total. The predicted octanol–water partition coefficient (Wildman–Crippen LogP) is 1.86. The first kappa shape index (κ1) is 27.8. The van der Waals surface area contributed by atoms with Gasteiger partial charge in [-0.3, -0.25) is 19.1 Å². The Bertz CT molecular complexity index is 1090. The Morgan fingerprint density at radius 1 is 1.03 bits per heavy atom. The van der Waals surface area contributed by atoms with Gasteiger partial charge < -0.3 is 26.2 Å². The van der Waals surface area contributed by atoms with Gasteiger partial charge in [-0.05, 0) is 62.9 Å². The van der Waals surface area contributed by atoms with Gasteiger partial charge in [0, 0.05) is 44.6 Å². The van der Waals surface area contributed by atoms with Crippen LogP contribution in [0.3, 0.4) is 0 Å². The van der Waals surface area contributed by atoms with Crippen LogP contribution in [0.25, 0.3) is 0 Å². The Morgan fingerprint density at radius 3 is 2.37 bits per heavy atom. The second-order valence-electron chi connectivity index (χ2n) is 10.5. The van der Waals surface area contributed by atoms with Crippen LogP contribution in [0.5, 0.6) is 0 Å². The highest BCUT2D eigenvalue weighted by atomic mass is 16.2. The van der Waals surface area contributed by atoms with Gasteiger partial charge in [-0.15, -0.1) is 0 Å². The third kappa shape index (κ3) is 6.99. The molecule has 3 amide bonds. The number of hydrogen-bond acceptors (Lipinski definition) is 6. The standard InChI is InChI=1S/C28H41N7O3/c1-3-35-24(13-14-30-35)26(36)32-25(21-7-5-4-6-8-21)27(37)31-22-11-9-20(10-12-22)19-23(29)28(38)34-17-15-33(2)16-18-34/h9-14,21,23,25H,3-8,15-19,29H2,1-2H3,(H,31,37)(H,32,36)/t23-,25+/m1/s1. The molecule has 1 saturated carbocycles. The van der Waals surface area contributed by atoms with E-state index in [2.05, 4.69) is 27.7 Å². The molecular formula is C28H41N7O3. The highest BCUT2D eigenvalue weighted by Crippen LogP contribution is 2.27. The molecule has 1 aliphatic carbocycles. The van der Waals surface area contributed by atoms with Crippen molar-refractivity contribution in [2.45, 2.75) is 64.1 Å². The van der Waals surface area contributed by atoms with E-state index in [0.717, 1.165) is 50.8 Å². The fraction of sp³-hybridized carbons (Fsp3) is 0.571. The molecule has 0 bridgehead atoms. The molecule has 2 heterocycles. The van der Waals surface area contributed by atoms with Crippen molar-refractivity contribution in [3.63, 3.8) is 0 Å². The van der Waals surface area contributed by atoms with E-state index in [0.29, 0.717) is 37.4 Å². The van der Waals surface area contributed by atoms with Crippen LogP contribution in [0, 0.1) is 5.92 Å². The summed E-state index contributed by atoms with van der Waals surface area (Å²) in [6.45, 7) is 5.62. The zero-order valence-corrected chi connectivity index (χ0v) is 22.6. The Balaban J connectivity index is 1.37. The number of piperazine rings is 1. The van der Waals surface area contributed by atoms with Crippen molar-refractivity contribution in [1.29, 1.82) is 0 Å². The first-order chi connectivity index (χ1) is 18.4. The maximum absolute atomic E-state index is 13.4. The molecule has 1 aliphatic heterocycles. The van der Waals surface area contributed by atoms with Crippen LogP contribution in [0.4, 0.5) is 5.69 Å². The number of rotatable bonds is 9. The maximum atomic E-state index is 13.4. The molecule has 0 radical (unpaired) electrons. The molecule has 2 atom stereocenters. The van der Waals surface area contributed by atoms with Crippen molar-refractivity contribution in [2.24, 2.45) is 11.7 Å². The number of likely N-dealkylation sites (N-methyl/N-ethyl adjacent to an activating group) is 1. The number of aryl methyl sites for hydroxylation is 1. The van der Waals surface area contributed by atoms with Crippen LogP contribution in [0.2, 0.25) is 0 Å². The lowest BCUT2D eigenvalue weighted by Crippen LogP contribution is -2.52. The number of amides is 3. The first-order valence-corrected chi connectivity index (χ1v) is 13.8. The molecule has 38 heavy (non-hydrogen) atoms. The Labute approximate surface area is 224 Å². The largest absolute Gasteiger partial charge is 0.339 e. The molecule has 2 aliphatic rings. The lowest BCUT2D eigenvalue weighted by molar-refractivity contribution is -0.134.